The predicted octanol–water partition coefficient (Wildman–Crippen LogP) is 1.10. The SMILES string of the molecule is CN(Cc1nccn1C)C(=O)C1CC(C(=O)O)=NN1c1ccccc1. The number of carbonyl (C=O) groups is 2. The number of amides is 1. The van der Waals surface area contributed by atoms with E-state index in [0.717, 1.165) is 5.82 Å². The topological polar surface area (TPSA) is 91.0 Å². The van der Waals surface area contributed by atoms with E-state index in [0.29, 0.717) is 12.2 Å². The molecule has 1 unspecified atom stereocenters. The van der Waals surface area contributed by atoms with Gasteiger partial charge in [0.25, 0.3) is 0 Å². The zero-order chi connectivity index (χ0) is 18.0. The van der Waals surface area contributed by atoms with Crippen molar-refractivity contribution in [2.45, 2.75) is 19.0 Å². The number of aromatic nitrogens is 2. The maximum absolute atomic E-state index is 12.9. The number of hydrazone groups is 1. The fourth-order valence-corrected chi connectivity index (χ4v) is 2.74. The Balaban J connectivity index is 1.82. The molecule has 1 aromatic heterocycles. The summed E-state index contributed by atoms with van der Waals surface area (Å²) in [6.07, 6.45) is 3.55. The monoisotopic (exact) mass is 341 g/mol. The molecular weight excluding hydrogens is 322 g/mol. The van der Waals surface area contributed by atoms with Gasteiger partial charge in [-0.3, -0.25) is 9.80 Å². The molecule has 0 saturated heterocycles. The van der Waals surface area contributed by atoms with Gasteiger partial charge in [-0.05, 0) is 12.1 Å². The van der Waals surface area contributed by atoms with Crippen molar-refractivity contribution in [2.24, 2.45) is 12.1 Å². The molecule has 0 spiro atoms. The number of carboxylic acids is 1. The molecule has 3 rings (SSSR count). The lowest BCUT2D eigenvalue weighted by Crippen LogP contribution is -2.43. The van der Waals surface area contributed by atoms with Crippen molar-refractivity contribution in [3.8, 4) is 0 Å². The summed E-state index contributed by atoms with van der Waals surface area (Å²) >= 11 is 0. The number of para-hydroxylation sites is 1. The van der Waals surface area contributed by atoms with Crippen LogP contribution in [0, 0.1) is 0 Å². The number of hydrogen-bond acceptors (Lipinski definition) is 5. The minimum absolute atomic E-state index is 0.0207. The van der Waals surface area contributed by atoms with Gasteiger partial charge >= 0.3 is 5.97 Å². The molecule has 8 heteroatoms. The molecule has 0 fully saturated rings. The molecule has 1 aliphatic rings. The lowest BCUT2D eigenvalue weighted by atomic mass is 10.1. The fourth-order valence-electron chi connectivity index (χ4n) is 2.74. The standard InChI is InChI=1S/C17H19N5O3/c1-20-9-8-18-15(20)11-21(2)16(23)14-10-13(17(24)25)19-22(14)12-6-4-3-5-7-12/h3-9,14H,10-11H2,1-2H3,(H,24,25). The molecule has 8 nitrogen and oxygen atoms in total. The third-order valence-corrected chi connectivity index (χ3v) is 4.14. The Morgan fingerprint density at radius 1 is 1.32 bits per heavy atom. The molecule has 25 heavy (non-hydrogen) atoms. The van der Waals surface area contributed by atoms with Crippen LogP contribution in [0.25, 0.3) is 0 Å². The van der Waals surface area contributed by atoms with Gasteiger partial charge in [0.15, 0.2) is 0 Å². The zero-order valence-electron chi connectivity index (χ0n) is 14.0. The minimum atomic E-state index is -1.11. The van der Waals surface area contributed by atoms with Crippen LogP contribution in [0.4, 0.5) is 5.69 Å². The van der Waals surface area contributed by atoms with Crippen molar-refractivity contribution >= 4 is 23.3 Å². The Bertz CT molecular complexity index is 815. The number of hydrogen-bond donors (Lipinski definition) is 1. The largest absolute Gasteiger partial charge is 0.477 e. The lowest BCUT2D eigenvalue weighted by Gasteiger charge is -2.27. The summed E-state index contributed by atoms with van der Waals surface area (Å²) in [5, 5.41) is 14.9. The molecule has 0 aliphatic carbocycles. The minimum Gasteiger partial charge on any atom is -0.477 e. The van der Waals surface area contributed by atoms with Crippen LogP contribution in [0.2, 0.25) is 0 Å². The van der Waals surface area contributed by atoms with Gasteiger partial charge in [-0.15, -0.1) is 0 Å². The summed E-state index contributed by atoms with van der Waals surface area (Å²) in [5.74, 6) is -0.561. The molecule has 1 aromatic carbocycles. The molecule has 0 radical (unpaired) electrons. The number of anilines is 1. The lowest BCUT2D eigenvalue weighted by molar-refractivity contribution is -0.131. The van der Waals surface area contributed by atoms with Crippen LogP contribution in [0.15, 0.2) is 47.8 Å². The first kappa shape index (κ1) is 16.7. The maximum Gasteiger partial charge on any atom is 0.352 e. The third kappa shape index (κ3) is 3.37. The number of imidazole rings is 1. The van der Waals surface area contributed by atoms with Gasteiger partial charge in [0.2, 0.25) is 5.91 Å². The molecule has 2 aromatic rings. The van der Waals surface area contributed by atoms with Gasteiger partial charge in [-0.1, -0.05) is 18.2 Å². The van der Waals surface area contributed by atoms with Gasteiger partial charge in [0, 0.05) is 32.9 Å². The first-order valence-electron chi connectivity index (χ1n) is 7.83. The molecule has 1 amide bonds. The van der Waals surface area contributed by atoms with Gasteiger partial charge < -0.3 is 14.6 Å². The molecule has 0 bridgehead atoms. The van der Waals surface area contributed by atoms with E-state index in [1.807, 2.05) is 36.0 Å². The second-order valence-electron chi connectivity index (χ2n) is 5.90. The Labute approximate surface area is 145 Å². The quantitative estimate of drug-likeness (QED) is 0.879. The second kappa shape index (κ2) is 6.76. The second-order valence-corrected chi connectivity index (χ2v) is 5.90. The first-order valence-corrected chi connectivity index (χ1v) is 7.83. The van der Waals surface area contributed by atoms with E-state index >= 15 is 0 Å². The smallest absolute Gasteiger partial charge is 0.352 e. The van der Waals surface area contributed by atoms with E-state index in [-0.39, 0.29) is 18.0 Å². The van der Waals surface area contributed by atoms with Crippen molar-refractivity contribution in [1.29, 1.82) is 0 Å². The van der Waals surface area contributed by atoms with Crippen molar-refractivity contribution < 1.29 is 14.7 Å². The van der Waals surface area contributed by atoms with Crippen LogP contribution < -0.4 is 5.01 Å². The normalized spacial score (nSPS) is 16.6. The predicted molar refractivity (Wildman–Crippen MR) is 92.1 cm³/mol. The Kier molecular flexibility index (Phi) is 4.51. The zero-order valence-corrected chi connectivity index (χ0v) is 14.0. The van der Waals surface area contributed by atoms with E-state index in [1.165, 1.54) is 5.01 Å². The number of aliphatic carboxylic acids is 1. The Morgan fingerprint density at radius 3 is 2.64 bits per heavy atom. The van der Waals surface area contributed by atoms with Crippen LogP contribution in [0.5, 0.6) is 0 Å². The van der Waals surface area contributed by atoms with E-state index in [2.05, 4.69) is 10.1 Å². The summed E-state index contributed by atoms with van der Waals surface area (Å²) in [5.41, 5.74) is 0.662. The van der Waals surface area contributed by atoms with Crippen molar-refractivity contribution in [2.75, 3.05) is 12.1 Å². The summed E-state index contributed by atoms with van der Waals surface area (Å²) < 4.78 is 1.84. The average Bonchev–Trinajstić information content (AvgIpc) is 3.22. The average molecular weight is 341 g/mol. The van der Waals surface area contributed by atoms with Crippen LogP contribution in [0.1, 0.15) is 12.2 Å². The molecular formula is C17H19N5O3. The molecule has 2 heterocycles. The number of rotatable bonds is 5. The molecule has 1 atom stereocenters. The van der Waals surface area contributed by atoms with Crippen LogP contribution in [0.3, 0.4) is 0 Å². The Morgan fingerprint density at radius 2 is 2.04 bits per heavy atom. The number of likely N-dealkylation sites (N-methyl/N-ethyl adjacent to an activating group) is 1. The molecule has 1 aliphatic heterocycles. The number of carbonyl (C=O) groups excluding carboxylic acids is 1. The van der Waals surface area contributed by atoms with Crippen LogP contribution in [-0.4, -0.2) is 50.2 Å². The van der Waals surface area contributed by atoms with Crippen LogP contribution >= 0.6 is 0 Å². The first-order chi connectivity index (χ1) is 12.0. The van der Waals surface area contributed by atoms with Gasteiger partial charge in [-0.2, -0.15) is 5.10 Å². The fraction of sp³-hybridized carbons (Fsp3) is 0.294. The Hall–Kier alpha value is -3.16. The highest BCUT2D eigenvalue weighted by Gasteiger charge is 2.37. The number of aryl methyl sites for hydroxylation is 1. The summed E-state index contributed by atoms with van der Waals surface area (Å²) in [6.45, 7) is 0.337. The maximum atomic E-state index is 12.9. The van der Waals surface area contributed by atoms with E-state index in [1.54, 1.807) is 30.3 Å². The highest BCUT2D eigenvalue weighted by molar-refractivity contribution is 6.37. The van der Waals surface area contributed by atoms with Crippen molar-refractivity contribution in [1.82, 2.24) is 14.5 Å². The van der Waals surface area contributed by atoms with Gasteiger partial charge in [0.1, 0.15) is 17.6 Å². The van der Waals surface area contributed by atoms with Crippen molar-refractivity contribution in [3.05, 3.63) is 48.5 Å². The van der Waals surface area contributed by atoms with Gasteiger partial charge in [0.05, 0.1) is 12.2 Å². The molecule has 1 N–H and O–H groups in total. The third-order valence-electron chi connectivity index (χ3n) is 4.14. The van der Waals surface area contributed by atoms with E-state index in [9.17, 15) is 14.7 Å². The number of benzene rings is 1. The van der Waals surface area contributed by atoms with E-state index < -0.39 is 12.0 Å². The van der Waals surface area contributed by atoms with E-state index in [4.69, 9.17) is 0 Å². The molecule has 0 saturated carbocycles. The summed E-state index contributed by atoms with van der Waals surface area (Å²) in [4.78, 5) is 30.0. The molecule has 130 valence electrons. The number of nitrogens with zero attached hydrogens (tertiary/aromatic N) is 5. The summed E-state index contributed by atoms with van der Waals surface area (Å²) in [7, 11) is 3.54. The summed E-state index contributed by atoms with van der Waals surface area (Å²) in [6, 6.07) is 8.41. The number of carboxylic acid groups (broad SMARTS) is 1. The highest BCUT2D eigenvalue weighted by Crippen LogP contribution is 2.25. The highest BCUT2D eigenvalue weighted by atomic mass is 16.4. The van der Waals surface area contributed by atoms with Crippen LogP contribution in [-0.2, 0) is 23.2 Å². The van der Waals surface area contributed by atoms with Gasteiger partial charge in [-0.25, -0.2) is 9.78 Å². The van der Waals surface area contributed by atoms with Crippen molar-refractivity contribution in [3.63, 3.8) is 0 Å².